The minimum Gasteiger partial charge on any atom is -0.375 e. The average Bonchev–Trinajstić information content (AvgIpc) is 2.33. The summed E-state index contributed by atoms with van der Waals surface area (Å²) in [5.41, 5.74) is 1.07. The lowest BCUT2D eigenvalue weighted by Crippen LogP contribution is -2.37. The molecule has 1 aromatic rings. The first-order valence-corrected chi connectivity index (χ1v) is 6.28. The van der Waals surface area contributed by atoms with Crippen LogP contribution in [0.4, 0.5) is 0 Å². The van der Waals surface area contributed by atoms with Gasteiger partial charge < -0.3 is 10.1 Å². The Bertz CT molecular complexity index is 327. The van der Waals surface area contributed by atoms with Crippen LogP contribution >= 0.6 is 24.0 Å². The quantitative estimate of drug-likeness (QED) is 0.909. The monoisotopic (exact) mass is 275 g/mol. The molecule has 1 aromatic carbocycles. The SMILES string of the molecule is Cl.Clc1ccccc1COCC1CCCCN1. The van der Waals surface area contributed by atoms with Gasteiger partial charge in [-0.1, -0.05) is 36.2 Å². The molecule has 0 bridgehead atoms. The van der Waals surface area contributed by atoms with Gasteiger partial charge in [-0.3, -0.25) is 0 Å². The molecule has 2 nitrogen and oxygen atoms in total. The highest BCUT2D eigenvalue weighted by atomic mass is 35.5. The minimum atomic E-state index is 0. The van der Waals surface area contributed by atoms with Crippen molar-refractivity contribution in [3.8, 4) is 0 Å². The van der Waals surface area contributed by atoms with Gasteiger partial charge in [0.2, 0.25) is 0 Å². The van der Waals surface area contributed by atoms with E-state index in [-0.39, 0.29) is 12.4 Å². The molecule has 17 heavy (non-hydrogen) atoms. The highest BCUT2D eigenvalue weighted by Gasteiger charge is 2.12. The molecular weight excluding hydrogens is 257 g/mol. The van der Waals surface area contributed by atoms with Crippen molar-refractivity contribution in [1.82, 2.24) is 5.32 Å². The first kappa shape index (κ1) is 14.8. The fourth-order valence-corrected chi connectivity index (χ4v) is 2.18. The second kappa shape index (κ2) is 7.93. The third-order valence-electron chi connectivity index (χ3n) is 2.95. The van der Waals surface area contributed by atoms with Gasteiger partial charge in [0, 0.05) is 11.1 Å². The lowest BCUT2D eigenvalue weighted by Gasteiger charge is -2.23. The molecular formula is C13H19Cl2NO. The fraction of sp³-hybridized carbons (Fsp3) is 0.538. The van der Waals surface area contributed by atoms with E-state index in [0.717, 1.165) is 23.7 Å². The lowest BCUT2D eigenvalue weighted by molar-refractivity contribution is 0.0912. The Hall–Kier alpha value is -0.280. The molecule has 4 heteroatoms. The summed E-state index contributed by atoms with van der Waals surface area (Å²) in [4.78, 5) is 0. The molecule has 0 aromatic heterocycles. The molecule has 1 aliphatic rings. The van der Waals surface area contributed by atoms with Crippen LogP contribution in [0, 0.1) is 0 Å². The number of rotatable bonds is 4. The molecule has 0 amide bonds. The average molecular weight is 276 g/mol. The third kappa shape index (κ3) is 4.84. The molecule has 2 rings (SSSR count). The summed E-state index contributed by atoms with van der Waals surface area (Å²) < 4.78 is 5.69. The van der Waals surface area contributed by atoms with Crippen molar-refractivity contribution in [3.05, 3.63) is 34.9 Å². The van der Waals surface area contributed by atoms with Gasteiger partial charge in [0.15, 0.2) is 0 Å². The Morgan fingerprint density at radius 3 is 2.82 bits per heavy atom. The van der Waals surface area contributed by atoms with Crippen molar-refractivity contribution in [3.63, 3.8) is 0 Å². The summed E-state index contributed by atoms with van der Waals surface area (Å²) in [6.45, 7) is 2.52. The summed E-state index contributed by atoms with van der Waals surface area (Å²) in [6, 6.07) is 8.37. The summed E-state index contributed by atoms with van der Waals surface area (Å²) in [6.07, 6.45) is 3.83. The van der Waals surface area contributed by atoms with Crippen molar-refractivity contribution >= 4 is 24.0 Å². The zero-order valence-electron chi connectivity index (χ0n) is 9.82. The number of hydrogen-bond donors (Lipinski definition) is 1. The molecule has 1 heterocycles. The molecule has 96 valence electrons. The molecule has 1 fully saturated rings. The van der Waals surface area contributed by atoms with Crippen molar-refractivity contribution in [1.29, 1.82) is 0 Å². The van der Waals surface area contributed by atoms with Crippen LogP contribution in [0.15, 0.2) is 24.3 Å². The lowest BCUT2D eigenvalue weighted by atomic mass is 10.1. The largest absolute Gasteiger partial charge is 0.375 e. The van der Waals surface area contributed by atoms with Crippen LogP contribution in [-0.4, -0.2) is 19.2 Å². The van der Waals surface area contributed by atoms with E-state index in [9.17, 15) is 0 Å². The van der Waals surface area contributed by atoms with E-state index in [0.29, 0.717) is 12.6 Å². The van der Waals surface area contributed by atoms with Crippen molar-refractivity contribution in [2.75, 3.05) is 13.2 Å². The van der Waals surface area contributed by atoms with Crippen LogP contribution in [0.1, 0.15) is 24.8 Å². The smallest absolute Gasteiger partial charge is 0.0732 e. The maximum absolute atomic E-state index is 6.05. The molecule has 0 spiro atoms. The predicted molar refractivity (Wildman–Crippen MR) is 74.0 cm³/mol. The first-order valence-electron chi connectivity index (χ1n) is 5.91. The van der Waals surface area contributed by atoms with E-state index in [2.05, 4.69) is 5.32 Å². The Morgan fingerprint density at radius 2 is 2.12 bits per heavy atom. The Kier molecular flexibility index (Phi) is 6.90. The zero-order valence-corrected chi connectivity index (χ0v) is 11.4. The van der Waals surface area contributed by atoms with Gasteiger partial charge in [-0.05, 0) is 31.0 Å². The Morgan fingerprint density at radius 1 is 1.29 bits per heavy atom. The van der Waals surface area contributed by atoms with Gasteiger partial charge in [-0.15, -0.1) is 12.4 Å². The van der Waals surface area contributed by atoms with E-state index in [1.54, 1.807) is 0 Å². The molecule has 0 radical (unpaired) electrons. The van der Waals surface area contributed by atoms with Crippen LogP contribution in [0.5, 0.6) is 0 Å². The molecule has 1 aliphatic heterocycles. The number of halogens is 2. The van der Waals surface area contributed by atoms with Gasteiger partial charge in [0.05, 0.1) is 13.2 Å². The van der Waals surface area contributed by atoms with Crippen molar-refractivity contribution in [2.45, 2.75) is 31.9 Å². The van der Waals surface area contributed by atoms with E-state index < -0.39 is 0 Å². The van der Waals surface area contributed by atoms with Crippen molar-refractivity contribution < 1.29 is 4.74 Å². The molecule has 1 saturated heterocycles. The van der Waals surface area contributed by atoms with Crippen LogP contribution in [0.3, 0.4) is 0 Å². The Labute approximate surface area is 114 Å². The maximum Gasteiger partial charge on any atom is 0.0732 e. The zero-order chi connectivity index (χ0) is 11.2. The Balaban J connectivity index is 0.00000144. The van der Waals surface area contributed by atoms with Gasteiger partial charge >= 0.3 is 0 Å². The highest BCUT2D eigenvalue weighted by Crippen LogP contribution is 2.16. The maximum atomic E-state index is 6.05. The van der Waals surface area contributed by atoms with Gasteiger partial charge in [0.1, 0.15) is 0 Å². The second-order valence-electron chi connectivity index (χ2n) is 4.25. The number of piperidine rings is 1. The topological polar surface area (TPSA) is 21.3 Å². The summed E-state index contributed by atoms with van der Waals surface area (Å²) in [7, 11) is 0. The summed E-state index contributed by atoms with van der Waals surface area (Å²) >= 11 is 6.05. The fourth-order valence-electron chi connectivity index (χ4n) is 1.99. The predicted octanol–water partition coefficient (Wildman–Crippen LogP) is 3.42. The molecule has 0 aliphatic carbocycles. The van der Waals surface area contributed by atoms with Gasteiger partial charge in [-0.25, -0.2) is 0 Å². The second-order valence-corrected chi connectivity index (χ2v) is 4.66. The van der Waals surface area contributed by atoms with Gasteiger partial charge in [-0.2, -0.15) is 0 Å². The van der Waals surface area contributed by atoms with Crippen LogP contribution in [0.2, 0.25) is 5.02 Å². The number of benzene rings is 1. The normalized spacial score (nSPS) is 19.7. The number of hydrogen-bond acceptors (Lipinski definition) is 2. The van der Waals surface area contributed by atoms with Crippen molar-refractivity contribution in [2.24, 2.45) is 0 Å². The van der Waals surface area contributed by atoms with E-state index in [1.807, 2.05) is 24.3 Å². The molecule has 0 saturated carbocycles. The molecule has 1 atom stereocenters. The standard InChI is InChI=1S/C13H18ClNO.ClH/c14-13-7-2-1-5-11(13)9-16-10-12-6-3-4-8-15-12;/h1-2,5,7,12,15H,3-4,6,8-10H2;1H. The van der Waals surface area contributed by atoms with Crippen LogP contribution < -0.4 is 5.32 Å². The van der Waals surface area contributed by atoms with E-state index >= 15 is 0 Å². The van der Waals surface area contributed by atoms with Crippen LogP contribution in [0.25, 0.3) is 0 Å². The minimum absolute atomic E-state index is 0. The molecule has 1 unspecified atom stereocenters. The number of ether oxygens (including phenoxy) is 1. The number of nitrogens with one attached hydrogen (secondary N) is 1. The summed E-state index contributed by atoms with van der Waals surface area (Å²) in [5.74, 6) is 0. The highest BCUT2D eigenvalue weighted by molar-refractivity contribution is 6.31. The van der Waals surface area contributed by atoms with Gasteiger partial charge in [0.25, 0.3) is 0 Å². The molecule has 1 N–H and O–H groups in total. The third-order valence-corrected chi connectivity index (χ3v) is 3.32. The summed E-state index contributed by atoms with van der Waals surface area (Å²) in [5, 5.41) is 4.25. The van der Waals surface area contributed by atoms with E-state index in [4.69, 9.17) is 16.3 Å². The van der Waals surface area contributed by atoms with E-state index in [1.165, 1.54) is 19.3 Å². The van der Waals surface area contributed by atoms with Crippen LogP contribution in [-0.2, 0) is 11.3 Å². The first-order chi connectivity index (χ1) is 7.86.